The molecule has 0 fully saturated rings. The molecule has 0 amide bonds. The second-order valence-corrected chi connectivity index (χ2v) is 5.33. The molecule has 0 heterocycles. The monoisotopic (exact) mass is 288 g/mol. The normalized spacial score (nSPS) is 12.1. The van der Waals surface area contributed by atoms with Crippen LogP contribution in [0.15, 0.2) is 24.3 Å². The summed E-state index contributed by atoms with van der Waals surface area (Å²) in [5, 5.41) is 6.48. The van der Waals surface area contributed by atoms with Crippen LogP contribution >= 0.6 is 0 Å². The Bertz CT molecular complexity index is 389. The van der Waals surface area contributed by atoms with Crippen molar-refractivity contribution in [2.75, 3.05) is 19.6 Å². The van der Waals surface area contributed by atoms with Gasteiger partial charge >= 0.3 is 6.18 Å². The smallest absolute Gasteiger partial charge is 0.316 e. The molecule has 0 aliphatic carbocycles. The molecule has 114 valence electrons. The Balaban J connectivity index is 2.22. The molecule has 0 radical (unpaired) electrons. The fourth-order valence-corrected chi connectivity index (χ4v) is 1.82. The van der Waals surface area contributed by atoms with E-state index in [0.717, 1.165) is 32.1 Å². The first-order chi connectivity index (χ1) is 9.39. The SMILES string of the molecule is CC(C)CNCCCNCc1cccc(C(F)(F)F)c1. The molecule has 5 heteroatoms. The van der Waals surface area contributed by atoms with E-state index in [1.165, 1.54) is 12.1 Å². The van der Waals surface area contributed by atoms with Gasteiger partial charge in [-0.1, -0.05) is 32.0 Å². The lowest BCUT2D eigenvalue weighted by molar-refractivity contribution is -0.137. The summed E-state index contributed by atoms with van der Waals surface area (Å²) in [5.41, 5.74) is 0.0744. The van der Waals surface area contributed by atoms with E-state index in [4.69, 9.17) is 0 Å². The van der Waals surface area contributed by atoms with Crippen LogP contribution in [0.2, 0.25) is 0 Å². The summed E-state index contributed by atoms with van der Waals surface area (Å²) in [6, 6.07) is 5.45. The molecule has 0 saturated carbocycles. The fourth-order valence-electron chi connectivity index (χ4n) is 1.82. The van der Waals surface area contributed by atoms with Crippen LogP contribution in [0, 0.1) is 5.92 Å². The van der Waals surface area contributed by atoms with Gasteiger partial charge in [0.05, 0.1) is 5.56 Å². The maximum atomic E-state index is 12.5. The van der Waals surface area contributed by atoms with Gasteiger partial charge in [0.1, 0.15) is 0 Å². The van der Waals surface area contributed by atoms with Crippen molar-refractivity contribution < 1.29 is 13.2 Å². The van der Waals surface area contributed by atoms with Gasteiger partial charge in [-0.05, 0) is 43.6 Å². The molecule has 0 atom stereocenters. The Morgan fingerprint density at radius 2 is 1.80 bits per heavy atom. The maximum Gasteiger partial charge on any atom is 0.416 e. The van der Waals surface area contributed by atoms with E-state index in [1.54, 1.807) is 6.07 Å². The van der Waals surface area contributed by atoms with Gasteiger partial charge in [-0.3, -0.25) is 0 Å². The van der Waals surface area contributed by atoms with Crippen molar-refractivity contribution in [2.45, 2.75) is 33.0 Å². The summed E-state index contributed by atoms with van der Waals surface area (Å²) in [5.74, 6) is 0.632. The summed E-state index contributed by atoms with van der Waals surface area (Å²) in [4.78, 5) is 0. The molecule has 0 aliphatic heterocycles. The minimum absolute atomic E-state index is 0.466. The Morgan fingerprint density at radius 3 is 2.45 bits per heavy atom. The Labute approximate surface area is 118 Å². The first kappa shape index (κ1) is 17.0. The Hall–Kier alpha value is -1.07. The van der Waals surface area contributed by atoms with Crippen LogP contribution in [0.4, 0.5) is 13.2 Å². The number of benzene rings is 1. The van der Waals surface area contributed by atoms with Gasteiger partial charge < -0.3 is 10.6 Å². The zero-order chi connectivity index (χ0) is 15.0. The number of alkyl halides is 3. The molecular weight excluding hydrogens is 265 g/mol. The van der Waals surface area contributed by atoms with Crippen molar-refractivity contribution in [3.05, 3.63) is 35.4 Å². The van der Waals surface area contributed by atoms with Gasteiger partial charge in [-0.2, -0.15) is 13.2 Å². The van der Waals surface area contributed by atoms with E-state index in [9.17, 15) is 13.2 Å². The zero-order valence-corrected chi connectivity index (χ0v) is 12.1. The number of hydrogen-bond donors (Lipinski definition) is 2. The fraction of sp³-hybridized carbons (Fsp3) is 0.600. The lowest BCUT2D eigenvalue weighted by Gasteiger charge is -2.10. The highest BCUT2D eigenvalue weighted by Gasteiger charge is 2.30. The lowest BCUT2D eigenvalue weighted by Crippen LogP contribution is -2.24. The van der Waals surface area contributed by atoms with E-state index >= 15 is 0 Å². The third-order valence-corrected chi connectivity index (χ3v) is 2.84. The van der Waals surface area contributed by atoms with E-state index in [1.807, 2.05) is 0 Å². The Morgan fingerprint density at radius 1 is 1.10 bits per heavy atom. The van der Waals surface area contributed by atoms with Crippen LogP contribution in [0.3, 0.4) is 0 Å². The molecule has 1 aromatic rings. The summed E-state index contributed by atoms with van der Waals surface area (Å²) < 4.78 is 37.6. The zero-order valence-electron chi connectivity index (χ0n) is 12.1. The van der Waals surface area contributed by atoms with Gasteiger partial charge in [0.2, 0.25) is 0 Å². The summed E-state index contributed by atoms with van der Waals surface area (Å²) in [6.07, 6.45) is -3.30. The van der Waals surface area contributed by atoms with Crippen LogP contribution in [-0.2, 0) is 12.7 Å². The molecule has 1 rings (SSSR count). The molecule has 0 spiro atoms. The van der Waals surface area contributed by atoms with Crippen molar-refractivity contribution >= 4 is 0 Å². The van der Waals surface area contributed by atoms with Crippen LogP contribution in [0.1, 0.15) is 31.4 Å². The lowest BCUT2D eigenvalue weighted by atomic mass is 10.1. The standard InChI is InChI=1S/C15H23F3N2/c1-12(2)10-19-7-4-8-20-11-13-5-3-6-14(9-13)15(16,17)18/h3,5-6,9,12,19-20H,4,7-8,10-11H2,1-2H3. The van der Waals surface area contributed by atoms with Crippen LogP contribution in [0.25, 0.3) is 0 Å². The molecule has 0 unspecified atom stereocenters. The quantitative estimate of drug-likeness (QED) is 0.716. The molecule has 2 N–H and O–H groups in total. The average Bonchev–Trinajstić information content (AvgIpc) is 2.36. The van der Waals surface area contributed by atoms with Gasteiger partial charge in [0, 0.05) is 6.54 Å². The van der Waals surface area contributed by atoms with E-state index < -0.39 is 11.7 Å². The van der Waals surface area contributed by atoms with Gasteiger partial charge in [0.15, 0.2) is 0 Å². The van der Waals surface area contributed by atoms with Crippen molar-refractivity contribution in [1.29, 1.82) is 0 Å². The van der Waals surface area contributed by atoms with Gasteiger partial charge in [0.25, 0.3) is 0 Å². The van der Waals surface area contributed by atoms with Crippen LogP contribution in [-0.4, -0.2) is 19.6 Å². The Kier molecular flexibility index (Phi) is 7.02. The van der Waals surface area contributed by atoms with E-state index in [-0.39, 0.29) is 0 Å². The average molecular weight is 288 g/mol. The maximum absolute atomic E-state index is 12.5. The van der Waals surface area contributed by atoms with Crippen molar-refractivity contribution in [2.24, 2.45) is 5.92 Å². The van der Waals surface area contributed by atoms with E-state index in [0.29, 0.717) is 18.0 Å². The minimum Gasteiger partial charge on any atom is -0.316 e. The number of rotatable bonds is 8. The molecule has 0 bridgehead atoms. The summed E-state index contributed by atoms with van der Waals surface area (Å²) in [7, 11) is 0. The first-order valence-electron chi connectivity index (χ1n) is 6.97. The predicted octanol–water partition coefficient (Wildman–Crippen LogP) is 3.43. The highest BCUT2D eigenvalue weighted by molar-refractivity contribution is 5.25. The molecule has 2 nitrogen and oxygen atoms in total. The second-order valence-electron chi connectivity index (χ2n) is 5.33. The van der Waals surface area contributed by atoms with Crippen LogP contribution in [0.5, 0.6) is 0 Å². The second kappa shape index (κ2) is 8.27. The number of hydrogen-bond acceptors (Lipinski definition) is 2. The number of nitrogens with one attached hydrogen (secondary N) is 2. The largest absolute Gasteiger partial charge is 0.416 e. The van der Waals surface area contributed by atoms with Crippen molar-refractivity contribution in [1.82, 2.24) is 10.6 Å². The summed E-state index contributed by atoms with van der Waals surface area (Å²) in [6.45, 7) is 7.48. The van der Waals surface area contributed by atoms with Gasteiger partial charge in [-0.25, -0.2) is 0 Å². The molecule has 0 aromatic heterocycles. The highest BCUT2D eigenvalue weighted by atomic mass is 19.4. The molecule has 20 heavy (non-hydrogen) atoms. The van der Waals surface area contributed by atoms with Crippen molar-refractivity contribution in [3.63, 3.8) is 0 Å². The topological polar surface area (TPSA) is 24.1 Å². The predicted molar refractivity (Wildman–Crippen MR) is 75.5 cm³/mol. The molecular formula is C15H23F3N2. The summed E-state index contributed by atoms with van der Waals surface area (Å²) >= 11 is 0. The highest BCUT2D eigenvalue weighted by Crippen LogP contribution is 2.29. The molecule has 0 saturated heterocycles. The third-order valence-electron chi connectivity index (χ3n) is 2.84. The van der Waals surface area contributed by atoms with Gasteiger partial charge in [-0.15, -0.1) is 0 Å². The minimum atomic E-state index is -4.27. The molecule has 1 aromatic carbocycles. The molecule has 0 aliphatic rings. The third kappa shape index (κ3) is 6.91. The van der Waals surface area contributed by atoms with E-state index in [2.05, 4.69) is 24.5 Å². The van der Waals surface area contributed by atoms with Crippen LogP contribution < -0.4 is 10.6 Å². The van der Waals surface area contributed by atoms with Crippen molar-refractivity contribution in [3.8, 4) is 0 Å². The first-order valence-corrected chi connectivity index (χ1v) is 6.97. The number of halogens is 3.